The van der Waals surface area contributed by atoms with Crippen LogP contribution in [0.15, 0.2) is 36.4 Å². The number of ether oxygens (including phenoxy) is 3. The molecule has 2 heterocycles. The van der Waals surface area contributed by atoms with Gasteiger partial charge >= 0.3 is 12.1 Å². The molecule has 2 aromatic carbocycles. The molecule has 2 aromatic rings. The van der Waals surface area contributed by atoms with Gasteiger partial charge in [0.05, 0.1) is 19.3 Å². The average molecular weight is 762 g/mol. The molecule has 6 rings (SSSR count). The summed E-state index contributed by atoms with van der Waals surface area (Å²) < 4.78 is 17.3. The molecule has 0 spiro atoms. The number of nitrogens with one attached hydrogen (secondary N) is 2. The molecule has 55 heavy (non-hydrogen) atoms. The zero-order valence-corrected chi connectivity index (χ0v) is 34.5. The summed E-state index contributed by atoms with van der Waals surface area (Å²) in [6.45, 7) is 13.5. The fourth-order valence-electron chi connectivity index (χ4n) is 8.76. The summed E-state index contributed by atoms with van der Waals surface area (Å²) in [6.07, 6.45) is 18.7. The van der Waals surface area contributed by atoms with E-state index >= 15 is 0 Å². The number of carboxylic acid groups (broad SMARTS) is 1. The fourth-order valence-corrected chi connectivity index (χ4v) is 8.76. The number of piperidine rings is 2. The Bertz CT molecular complexity index is 1480. The molecule has 0 radical (unpaired) electrons. The second-order valence-electron chi connectivity index (χ2n) is 17.4. The Hall–Kier alpha value is -3.14. The van der Waals surface area contributed by atoms with Crippen LogP contribution in [-0.2, 0) is 46.4 Å². The van der Waals surface area contributed by atoms with Gasteiger partial charge < -0.3 is 34.9 Å². The highest BCUT2D eigenvalue weighted by atomic mass is 16.6. The van der Waals surface area contributed by atoms with E-state index in [-0.39, 0.29) is 18.7 Å². The van der Waals surface area contributed by atoms with Crippen molar-refractivity contribution in [1.82, 2.24) is 15.5 Å². The molecular weight excluding hydrogens is 691 g/mol. The topological polar surface area (TPSA) is 109 Å². The van der Waals surface area contributed by atoms with E-state index in [9.17, 15) is 9.59 Å². The van der Waals surface area contributed by atoms with E-state index in [1.54, 1.807) is 0 Å². The van der Waals surface area contributed by atoms with Gasteiger partial charge in [-0.05, 0) is 182 Å². The number of likely N-dealkylation sites (tertiary alicyclic amines) is 1. The number of amides is 1. The molecule has 4 aliphatic rings. The minimum Gasteiger partial charge on any atom is -0.494 e. The lowest BCUT2D eigenvalue weighted by molar-refractivity contribution is -0.136. The number of benzene rings is 2. The van der Waals surface area contributed by atoms with Gasteiger partial charge in [0.25, 0.3) is 0 Å². The van der Waals surface area contributed by atoms with Crippen LogP contribution in [0, 0.1) is 11.8 Å². The van der Waals surface area contributed by atoms with Crippen molar-refractivity contribution in [3.05, 3.63) is 64.2 Å². The van der Waals surface area contributed by atoms with E-state index in [1.807, 2.05) is 25.7 Å². The van der Waals surface area contributed by atoms with Gasteiger partial charge in [0.15, 0.2) is 0 Å². The lowest BCUT2D eigenvalue weighted by atomic mass is 9.87. The van der Waals surface area contributed by atoms with E-state index in [1.165, 1.54) is 85.9 Å². The highest BCUT2D eigenvalue weighted by Crippen LogP contribution is 2.28. The summed E-state index contributed by atoms with van der Waals surface area (Å²) in [7, 11) is 0. The molecule has 3 N–H and O–H groups in total. The first-order chi connectivity index (χ1) is 26.5. The smallest absolute Gasteiger partial charge is 0.410 e. The van der Waals surface area contributed by atoms with E-state index in [4.69, 9.17) is 19.3 Å². The maximum absolute atomic E-state index is 12.2. The van der Waals surface area contributed by atoms with E-state index in [0.29, 0.717) is 6.10 Å². The van der Waals surface area contributed by atoms with E-state index < -0.39 is 11.6 Å². The average Bonchev–Trinajstić information content (AvgIpc) is 3.17. The Labute approximate surface area is 331 Å². The van der Waals surface area contributed by atoms with E-state index in [2.05, 4.69) is 54.0 Å². The predicted octanol–water partition coefficient (Wildman–Crippen LogP) is 8.32. The molecule has 2 saturated heterocycles. The van der Waals surface area contributed by atoms with Crippen LogP contribution in [0.3, 0.4) is 0 Å². The number of aliphatic carboxylic acids is 1. The Morgan fingerprint density at radius 2 is 1.53 bits per heavy atom. The molecule has 9 heteroatoms. The molecule has 306 valence electrons. The molecule has 2 atom stereocenters. The largest absolute Gasteiger partial charge is 0.494 e. The molecule has 0 saturated carbocycles. The Morgan fingerprint density at radius 1 is 0.836 bits per heavy atom. The van der Waals surface area contributed by atoms with Crippen molar-refractivity contribution in [3.8, 4) is 5.75 Å². The van der Waals surface area contributed by atoms with Gasteiger partial charge in [-0.3, -0.25) is 4.79 Å². The van der Waals surface area contributed by atoms with Gasteiger partial charge in [-0.15, -0.1) is 0 Å². The first-order valence-electron chi connectivity index (χ1n) is 21.6. The van der Waals surface area contributed by atoms with Gasteiger partial charge in [-0.2, -0.15) is 0 Å². The molecule has 2 aliphatic carbocycles. The van der Waals surface area contributed by atoms with Crippen LogP contribution in [0.25, 0.3) is 0 Å². The third kappa shape index (κ3) is 15.0. The van der Waals surface area contributed by atoms with Gasteiger partial charge in [-0.25, -0.2) is 4.79 Å². The summed E-state index contributed by atoms with van der Waals surface area (Å²) in [5.74, 6) is 1.80. The molecule has 2 unspecified atom stereocenters. The number of carbonyl (C=O) groups excluding carboxylic acids is 1. The first kappa shape index (κ1) is 43.0. The van der Waals surface area contributed by atoms with Crippen LogP contribution in [0.5, 0.6) is 5.75 Å². The quantitative estimate of drug-likeness (QED) is 0.156. The van der Waals surface area contributed by atoms with Crippen molar-refractivity contribution in [1.29, 1.82) is 0 Å². The number of fused-ring (bicyclic) bond motifs is 2. The maximum atomic E-state index is 12.2. The summed E-state index contributed by atoms with van der Waals surface area (Å²) in [5.41, 5.74) is 6.78. The van der Waals surface area contributed by atoms with Crippen molar-refractivity contribution in [3.63, 3.8) is 0 Å². The number of aryl methyl sites for hydroxylation is 3. The van der Waals surface area contributed by atoms with Crippen LogP contribution in [0.2, 0.25) is 0 Å². The standard InChI is InChI=1S/C26H41NO3.C20H30N2O3/c1-5-29-24-13-12-22-18-21(10-11-23(22)19-24)9-7-6-8-20-14-16-27(17-15-20)25(28)30-26(2,3)4;23-20(24)14-22-18-5-3-17-13-19(6-4-16(17)12-18)25-11-1-2-15-7-9-21-10-8-15/h10-11,18,20,24H,5-9,12-17,19H2,1-4H3;4,6,13,15,18,21-22H,1-3,5,7-12,14H2,(H,23,24). The summed E-state index contributed by atoms with van der Waals surface area (Å²) >= 11 is 0. The van der Waals surface area contributed by atoms with Crippen LogP contribution in [0.4, 0.5) is 4.79 Å². The number of rotatable bonds is 15. The monoisotopic (exact) mass is 762 g/mol. The molecular formula is C46H71N3O6. The SMILES string of the molecule is CCOC1CCc2cc(CCCCC3CCN(C(=O)OC(C)(C)C)CC3)ccc2C1.O=C(O)CNC1CCc2cc(OCCCC3CCNCC3)ccc2C1. The molecule has 0 aromatic heterocycles. The number of nitrogens with zero attached hydrogens (tertiary/aromatic N) is 1. The number of unbranched alkanes of at least 4 members (excludes halogenated alkanes) is 1. The minimum atomic E-state index is -0.793. The van der Waals surface area contributed by atoms with Crippen LogP contribution in [-0.4, -0.2) is 85.8 Å². The van der Waals surface area contributed by atoms with Crippen molar-refractivity contribution in [2.45, 2.75) is 148 Å². The Kier molecular flexibility index (Phi) is 17.2. The third-order valence-electron chi connectivity index (χ3n) is 11.9. The third-order valence-corrected chi connectivity index (χ3v) is 11.9. The zero-order valence-electron chi connectivity index (χ0n) is 34.5. The van der Waals surface area contributed by atoms with Crippen molar-refractivity contribution < 1.29 is 28.9 Å². The number of carbonyl (C=O) groups is 2. The second kappa shape index (κ2) is 22.0. The highest BCUT2D eigenvalue weighted by Gasteiger charge is 2.27. The van der Waals surface area contributed by atoms with Gasteiger partial charge in [0, 0.05) is 25.7 Å². The normalized spacial score (nSPS) is 20.5. The maximum Gasteiger partial charge on any atom is 0.410 e. The summed E-state index contributed by atoms with van der Waals surface area (Å²) in [5, 5.41) is 15.3. The summed E-state index contributed by atoms with van der Waals surface area (Å²) in [6, 6.07) is 13.7. The van der Waals surface area contributed by atoms with Gasteiger partial charge in [0.2, 0.25) is 0 Å². The minimum absolute atomic E-state index is 0.0399. The first-order valence-corrected chi connectivity index (χ1v) is 21.6. The van der Waals surface area contributed by atoms with Crippen LogP contribution in [0.1, 0.15) is 126 Å². The molecule has 2 fully saturated rings. The predicted molar refractivity (Wildman–Crippen MR) is 220 cm³/mol. The Morgan fingerprint density at radius 3 is 2.27 bits per heavy atom. The lowest BCUT2D eigenvalue weighted by Gasteiger charge is -2.33. The van der Waals surface area contributed by atoms with Crippen molar-refractivity contribution >= 4 is 12.1 Å². The zero-order chi connectivity index (χ0) is 39.0. The van der Waals surface area contributed by atoms with E-state index in [0.717, 1.165) is 102 Å². The fraction of sp³-hybridized carbons (Fsp3) is 0.696. The van der Waals surface area contributed by atoms with Crippen LogP contribution < -0.4 is 15.4 Å². The number of hydrogen-bond donors (Lipinski definition) is 3. The molecule has 2 aliphatic heterocycles. The van der Waals surface area contributed by atoms with Crippen LogP contribution >= 0.6 is 0 Å². The lowest BCUT2D eigenvalue weighted by Crippen LogP contribution is -2.41. The number of carboxylic acids is 1. The molecule has 0 bridgehead atoms. The van der Waals surface area contributed by atoms with Crippen molar-refractivity contribution in [2.75, 3.05) is 45.9 Å². The van der Waals surface area contributed by atoms with Gasteiger partial charge in [0.1, 0.15) is 11.4 Å². The molecule has 1 amide bonds. The highest BCUT2D eigenvalue weighted by molar-refractivity contribution is 5.69. The van der Waals surface area contributed by atoms with Gasteiger partial charge in [-0.1, -0.05) is 37.1 Å². The summed E-state index contributed by atoms with van der Waals surface area (Å²) in [4.78, 5) is 24.7. The second-order valence-corrected chi connectivity index (χ2v) is 17.4. The Balaban J connectivity index is 0.000000214. The number of hydrogen-bond acceptors (Lipinski definition) is 7. The van der Waals surface area contributed by atoms with Crippen molar-refractivity contribution in [2.24, 2.45) is 11.8 Å². The molecule has 9 nitrogen and oxygen atoms in total.